The molecule has 0 spiro atoms. The van der Waals surface area contributed by atoms with Gasteiger partial charge in [-0.25, -0.2) is 4.79 Å². The molecule has 0 radical (unpaired) electrons. The summed E-state index contributed by atoms with van der Waals surface area (Å²) in [5.41, 5.74) is 9.38. The van der Waals surface area contributed by atoms with E-state index in [1.54, 1.807) is 28.6 Å². The Morgan fingerprint density at radius 2 is 2.43 bits per heavy atom. The smallest absolute Gasteiger partial charge is 0.321 e. The van der Waals surface area contributed by atoms with Gasteiger partial charge in [-0.05, 0) is 0 Å². The van der Waals surface area contributed by atoms with Crippen LogP contribution in [0.2, 0.25) is 0 Å². The normalized spacial score (nSPS) is 24.6. The zero-order valence-electron chi connectivity index (χ0n) is 12.0. The fraction of sp³-hybridized carbons (Fsp3) is 0.583. The molecular weight excluding hydrogens is 274 g/mol. The van der Waals surface area contributed by atoms with Crippen LogP contribution < -0.4 is 11.2 Å². The summed E-state index contributed by atoms with van der Waals surface area (Å²) in [6, 6.07) is -0.612. The topological polar surface area (TPSA) is 112 Å². The molecule has 2 bridgehead atoms. The first-order chi connectivity index (χ1) is 10.1. The van der Waals surface area contributed by atoms with Crippen LogP contribution >= 0.6 is 0 Å². The highest BCUT2D eigenvalue weighted by Gasteiger charge is 2.49. The van der Waals surface area contributed by atoms with Gasteiger partial charge in [0.25, 0.3) is 0 Å². The number of hydrogen-bond donors (Lipinski definition) is 3. The number of amidine groups is 1. The Balaban J connectivity index is 2.11. The fourth-order valence-electron chi connectivity index (χ4n) is 3.07. The first-order valence-electron chi connectivity index (χ1n) is 6.79. The number of hydroxylamine groups is 1. The Kier molecular flexibility index (Phi) is 3.30. The van der Waals surface area contributed by atoms with Crippen LogP contribution in [0.25, 0.3) is 0 Å². The summed E-state index contributed by atoms with van der Waals surface area (Å²) < 4.78 is 1.78. The van der Waals surface area contributed by atoms with E-state index < -0.39 is 6.04 Å². The number of nitrogens with zero attached hydrogens (tertiary/aromatic N) is 5. The second kappa shape index (κ2) is 5.01. The van der Waals surface area contributed by atoms with Crippen LogP contribution in [0.3, 0.4) is 0 Å². The van der Waals surface area contributed by atoms with Gasteiger partial charge >= 0.3 is 6.03 Å². The predicted octanol–water partition coefficient (Wildman–Crippen LogP) is -0.688. The second-order valence-electron chi connectivity index (χ2n) is 5.21. The van der Waals surface area contributed by atoms with Gasteiger partial charge in [-0.15, -0.1) is 0 Å². The van der Waals surface area contributed by atoms with E-state index in [0.717, 1.165) is 11.3 Å². The lowest BCUT2D eigenvalue weighted by atomic mass is 9.97. The molecule has 1 fully saturated rings. The number of aliphatic imine (C=N–C) groups is 1. The van der Waals surface area contributed by atoms with E-state index in [0.29, 0.717) is 25.5 Å². The number of hydrogen-bond acceptors (Lipinski definition) is 5. The molecule has 1 aromatic heterocycles. The van der Waals surface area contributed by atoms with Crippen molar-refractivity contribution in [2.24, 2.45) is 10.7 Å². The van der Waals surface area contributed by atoms with Gasteiger partial charge in [-0.3, -0.25) is 20.4 Å². The molecule has 2 amide bonds. The highest BCUT2D eigenvalue weighted by molar-refractivity contribution is 5.93. The molecule has 0 aliphatic carbocycles. The summed E-state index contributed by atoms with van der Waals surface area (Å²) in [5, 5.41) is 13.8. The maximum atomic E-state index is 12.3. The molecule has 0 saturated carbocycles. The van der Waals surface area contributed by atoms with Gasteiger partial charge in [-0.1, -0.05) is 0 Å². The molecule has 1 saturated heterocycles. The van der Waals surface area contributed by atoms with Crippen LogP contribution in [0, 0.1) is 0 Å². The van der Waals surface area contributed by atoms with E-state index in [2.05, 4.69) is 15.6 Å². The van der Waals surface area contributed by atoms with Crippen molar-refractivity contribution in [2.45, 2.75) is 18.6 Å². The highest BCUT2D eigenvalue weighted by Crippen LogP contribution is 2.42. The number of amides is 2. The molecule has 1 aromatic rings. The number of likely N-dealkylation sites (N-methyl/N-ethyl adjacent to an activating group) is 1. The molecule has 9 heteroatoms. The van der Waals surface area contributed by atoms with Gasteiger partial charge < -0.3 is 15.5 Å². The minimum atomic E-state index is -0.497. The molecule has 3 rings (SSSR count). The standard InChI is InChI=1S/C12H19N7O2/c1-14-11(16-21)10-9-7(5-18(15-9)4-3-13)8-6-19(10)12(20)17(8)2/h5,8,10,21H,3-4,6,13H2,1-2H3,(H,14,16)/t8-,10-/m0/s1. The number of nitrogens with one attached hydrogen (secondary N) is 1. The van der Waals surface area contributed by atoms with Crippen LogP contribution in [-0.4, -0.2) is 63.8 Å². The number of carbonyl (C=O) groups is 1. The molecule has 2 aliphatic rings. The lowest BCUT2D eigenvalue weighted by Crippen LogP contribution is -2.42. The zero-order chi connectivity index (χ0) is 15.1. The van der Waals surface area contributed by atoms with Gasteiger partial charge in [0.15, 0.2) is 0 Å². The fourth-order valence-corrected chi connectivity index (χ4v) is 3.07. The summed E-state index contributed by atoms with van der Waals surface area (Å²) in [4.78, 5) is 19.7. The summed E-state index contributed by atoms with van der Waals surface area (Å²) in [7, 11) is 3.33. The van der Waals surface area contributed by atoms with Gasteiger partial charge in [0.1, 0.15) is 11.9 Å². The van der Waals surface area contributed by atoms with Crippen molar-refractivity contribution in [3.05, 3.63) is 17.5 Å². The molecular formula is C12H19N7O2. The second-order valence-corrected chi connectivity index (χ2v) is 5.21. The van der Waals surface area contributed by atoms with Crippen molar-refractivity contribution in [3.63, 3.8) is 0 Å². The van der Waals surface area contributed by atoms with E-state index >= 15 is 0 Å². The van der Waals surface area contributed by atoms with Crippen molar-refractivity contribution in [1.82, 2.24) is 25.1 Å². The highest BCUT2D eigenvalue weighted by atomic mass is 16.5. The largest absolute Gasteiger partial charge is 0.329 e. The van der Waals surface area contributed by atoms with E-state index in [1.165, 1.54) is 0 Å². The number of aromatic nitrogens is 2. The first kappa shape index (κ1) is 13.8. The zero-order valence-corrected chi connectivity index (χ0v) is 12.0. The Hall–Kier alpha value is -2.13. The van der Waals surface area contributed by atoms with Crippen LogP contribution in [0.5, 0.6) is 0 Å². The summed E-state index contributed by atoms with van der Waals surface area (Å²) in [6.45, 7) is 1.65. The third-order valence-corrected chi connectivity index (χ3v) is 4.11. The quantitative estimate of drug-likeness (QED) is 0.388. The van der Waals surface area contributed by atoms with E-state index in [9.17, 15) is 10.0 Å². The first-order valence-corrected chi connectivity index (χ1v) is 6.79. The van der Waals surface area contributed by atoms with Gasteiger partial charge in [0, 0.05) is 38.9 Å². The number of carbonyl (C=O) groups excluding carboxylic acids is 1. The molecule has 3 heterocycles. The third kappa shape index (κ3) is 1.88. The Morgan fingerprint density at radius 1 is 1.67 bits per heavy atom. The maximum Gasteiger partial charge on any atom is 0.321 e. The monoisotopic (exact) mass is 293 g/mol. The SMILES string of the molecule is CN=C(NO)[C@@H]1c2nn(CCN)cc2[C@@H]2CN1C(=O)N2C. The number of urea groups is 1. The van der Waals surface area contributed by atoms with E-state index in [-0.39, 0.29) is 12.1 Å². The molecule has 4 N–H and O–H groups in total. The van der Waals surface area contributed by atoms with Crippen LogP contribution in [0.15, 0.2) is 11.2 Å². The van der Waals surface area contributed by atoms with Crippen molar-refractivity contribution in [2.75, 3.05) is 27.2 Å². The van der Waals surface area contributed by atoms with E-state index in [4.69, 9.17) is 5.73 Å². The number of rotatable bonds is 3. The Bertz CT molecular complexity index is 596. The average molecular weight is 293 g/mol. The van der Waals surface area contributed by atoms with Crippen LogP contribution in [-0.2, 0) is 6.54 Å². The molecule has 0 unspecified atom stereocenters. The molecule has 2 atom stereocenters. The lowest BCUT2D eigenvalue weighted by Gasteiger charge is -2.29. The number of nitrogens with two attached hydrogens (primary N) is 1. The van der Waals surface area contributed by atoms with E-state index in [1.807, 2.05) is 6.20 Å². The maximum absolute atomic E-state index is 12.3. The minimum absolute atomic E-state index is 0.0212. The summed E-state index contributed by atoms with van der Waals surface area (Å²) in [6.07, 6.45) is 1.93. The van der Waals surface area contributed by atoms with Gasteiger partial charge in [0.05, 0.1) is 18.3 Å². The molecule has 21 heavy (non-hydrogen) atoms. The van der Waals surface area contributed by atoms with Crippen molar-refractivity contribution in [3.8, 4) is 0 Å². The lowest BCUT2D eigenvalue weighted by molar-refractivity contribution is 0.185. The Morgan fingerprint density at radius 3 is 3.05 bits per heavy atom. The molecule has 9 nitrogen and oxygen atoms in total. The minimum Gasteiger partial charge on any atom is -0.329 e. The van der Waals surface area contributed by atoms with Crippen molar-refractivity contribution in [1.29, 1.82) is 0 Å². The summed E-state index contributed by atoms with van der Waals surface area (Å²) in [5.74, 6) is 0.302. The summed E-state index contributed by atoms with van der Waals surface area (Å²) >= 11 is 0. The van der Waals surface area contributed by atoms with Crippen molar-refractivity contribution < 1.29 is 10.0 Å². The van der Waals surface area contributed by atoms with Crippen molar-refractivity contribution >= 4 is 11.9 Å². The number of fused-ring (bicyclic) bond motifs is 4. The molecule has 114 valence electrons. The Labute approximate surface area is 122 Å². The van der Waals surface area contributed by atoms with Crippen LogP contribution in [0.1, 0.15) is 23.3 Å². The van der Waals surface area contributed by atoms with Gasteiger partial charge in [-0.2, -0.15) is 5.10 Å². The predicted molar refractivity (Wildman–Crippen MR) is 74.9 cm³/mol. The third-order valence-electron chi connectivity index (χ3n) is 4.11. The van der Waals surface area contributed by atoms with Gasteiger partial charge in [0.2, 0.25) is 0 Å². The molecule has 0 aromatic carbocycles. The average Bonchev–Trinajstić information content (AvgIpc) is 3.00. The molecule has 2 aliphatic heterocycles. The van der Waals surface area contributed by atoms with Crippen LogP contribution in [0.4, 0.5) is 4.79 Å².